The minimum atomic E-state index is 0. The zero-order chi connectivity index (χ0) is 18.5. The van der Waals surface area contributed by atoms with Crippen LogP contribution in [0.2, 0.25) is 0 Å². The summed E-state index contributed by atoms with van der Waals surface area (Å²) in [4.78, 5) is 17.0. The van der Waals surface area contributed by atoms with Crippen LogP contribution in [0.25, 0.3) is 5.82 Å². The molecule has 4 rings (SSSR count). The fourth-order valence-corrected chi connectivity index (χ4v) is 3.83. The van der Waals surface area contributed by atoms with E-state index in [9.17, 15) is 4.79 Å². The average molecular weight is 399 g/mol. The SMILES string of the molecule is Cl.O=c1c2c([nH]n1-c1ccccn1)CCC(NCCCCc1ccccc1)C2. The Morgan fingerprint density at radius 1 is 1.11 bits per heavy atom. The van der Waals surface area contributed by atoms with Crippen molar-refractivity contribution < 1.29 is 0 Å². The molecule has 1 unspecified atom stereocenters. The lowest BCUT2D eigenvalue weighted by Crippen LogP contribution is -2.36. The highest BCUT2D eigenvalue weighted by Gasteiger charge is 2.24. The van der Waals surface area contributed by atoms with Gasteiger partial charge in [0.2, 0.25) is 0 Å². The quantitative estimate of drug-likeness (QED) is 0.599. The Morgan fingerprint density at radius 2 is 1.93 bits per heavy atom. The standard InChI is InChI=1S/C22H26N4O.ClH/c27-22-19-16-18(23-14-6-4-10-17-8-2-1-3-9-17)12-13-20(19)25-26(22)21-11-5-7-15-24-21;/h1-3,5,7-9,11,15,18,23,25H,4,6,10,12-14,16H2;1H. The van der Waals surface area contributed by atoms with Crippen LogP contribution in [0.5, 0.6) is 0 Å². The summed E-state index contributed by atoms with van der Waals surface area (Å²) in [5, 5.41) is 6.89. The molecule has 0 spiro atoms. The molecule has 0 radical (unpaired) electrons. The Hall–Kier alpha value is -2.37. The third-order valence-corrected chi connectivity index (χ3v) is 5.31. The van der Waals surface area contributed by atoms with Crippen molar-refractivity contribution in [2.75, 3.05) is 6.54 Å². The minimum absolute atomic E-state index is 0. The van der Waals surface area contributed by atoms with Crippen molar-refractivity contribution in [2.45, 2.75) is 44.6 Å². The number of rotatable bonds is 7. The molecule has 2 aromatic heterocycles. The Kier molecular flexibility index (Phi) is 7.06. The van der Waals surface area contributed by atoms with E-state index in [0.717, 1.165) is 49.9 Å². The van der Waals surface area contributed by atoms with Gasteiger partial charge in [0.15, 0.2) is 5.82 Å². The fraction of sp³-hybridized carbons (Fsp3) is 0.364. The minimum Gasteiger partial charge on any atom is -0.314 e. The van der Waals surface area contributed by atoms with Gasteiger partial charge in [-0.05, 0) is 62.8 Å². The van der Waals surface area contributed by atoms with Gasteiger partial charge in [-0.3, -0.25) is 9.89 Å². The summed E-state index contributed by atoms with van der Waals surface area (Å²) in [6.45, 7) is 1.01. The molecule has 1 atom stereocenters. The normalized spacial score (nSPS) is 15.6. The highest BCUT2D eigenvalue weighted by Crippen LogP contribution is 2.18. The number of nitrogens with one attached hydrogen (secondary N) is 2. The first-order chi connectivity index (χ1) is 13.3. The van der Waals surface area contributed by atoms with E-state index in [2.05, 4.69) is 45.7 Å². The third-order valence-electron chi connectivity index (χ3n) is 5.31. The summed E-state index contributed by atoms with van der Waals surface area (Å²) < 4.78 is 1.58. The Morgan fingerprint density at radius 3 is 2.71 bits per heavy atom. The number of hydrogen-bond donors (Lipinski definition) is 2. The van der Waals surface area contributed by atoms with Crippen molar-refractivity contribution in [3.05, 3.63) is 81.9 Å². The predicted molar refractivity (Wildman–Crippen MR) is 115 cm³/mol. The van der Waals surface area contributed by atoms with Crippen molar-refractivity contribution in [2.24, 2.45) is 0 Å². The smallest absolute Gasteiger partial charge is 0.276 e. The summed E-state index contributed by atoms with van der Waals surface area (Å²) >= 11 is 0. The van der Waals surface area contributed by atoms with Crippen molar-refractivity contribution in [3.8, 4) is 5.82 Å². The molecule has 0 saturated heterocycles. The van der Waals surface area contributed by atoms with Gasteiger partial charge in [0, 0.05) is 23.5 Å². The molecule has 1 aliphatic rings. The molecule has 28 heavy (non-hydrogen) atoms. The molecule has 2 heterocycles. The zero-order valence-corrected chi connectivity index (χ0v) is 16.8. The molecule has 0 bridgehead atoms. The number of fused-ring (bicyclic) bond motifs is 1. The molecule has 0 amide bonds. The summed E-state index contributed by atoms with van der Waals surface area (Å²) in [7, 11) is 0. The highest BCUT2D eigenvalue weighted by molar-refractivity contribution is 5.85. The largest absolute Gasteiger partial charge is 0.314 e. The molecule has 2 N–H and O–H groups in total. The van der Waals surface area contributed by atoms with Gasteiger partial charge in [-0.1, -0.05) is 36.4 Å². The lowest BCUT2D eigenvalue weighted by Gasteiger charge is -2.22. The van der Waals surface area contributed by atoms with E-state index in [0.29, 0.717) is 11.9 Å². The topological polar surface area (TPSA) is 62.7 Å². The van der Waals surface area contributed by atoms with Crippen LogP contribution in [-0.2, 0) is 19.3 Å². The molecule has 0 aliphatic heterocycles. The van der Waals surface area contributed by atoms with Gasteiger partial charge >= 0.3 is 0 Å². The highest BCUT2D eigenvalue weighted by atomic mass is 35.5. The maximum Gasteiger partial charge on any atom is 0.276 e. The van der Waals surface area contributed by atoms with Crippen molar-refractivity contribution in [3.63, 3.8) is 0 Å². The first-order valence-corrected chi connectivity index (χ1v) is 9.83. The van der Waals surface area contributed by atoms with E-state index < -0.39 is 0 Å². The molecule has 5 nitrogen and oxygen atoms in total. The van der Waals surface area contributed by atoms with Crippen LogP contribution in [0.3, 0.4) is 0 Å². The number of halogens is 1. The summed E-state index contributed by atoms with van der Waals surface area (Å²) in [5.41, 5.74) is 3.42. The molecular weight excluding hydrogens is 372 g/mol. The van der Waals surface area contributed by atoms with Crippen molar-refractivity contribution >= 4 is 12.4 Å². The molecule has 0 saturated carbocycles. The molecule has 3 aromatic rings. The number of nitrogens with zero attached hydrogens (tertiary/aromatic N) is 2. The predicted octanol–water partition coefficient (Wildman–Crippen LogP) is 3.45. The number of pyridine rings is 1. The Bertz CT molecular complexity index is 921. The zero-order valence-electron chi connectivity index (χ0n) is 15.9. The van der Waals surface area contributed by atoms with E-state index in [1.807, 2.05) is 18.2 Å². The van der Waals surface area contributed by atoms with E-state index >= 15 is 0 Å². The van der Waals surface area contributed by atoms with Gasteiger partial charge in [0.05, 0.1) is 0 Å². The number of hydrogen-bond acceptors (Lipinski definition) is 3. The van der Waals surface area contributed by atoms with E-state index in [4.69, 9.17) is 0 Å². The van der Waals surface area contributed by atoms with Gasteiger partial charge in [0.25, 0.3) is 5.56 Å². The summed E-state index contributed by atoms with van der Waals surface area (Å²) in [6.07, 6.45) is 7.95. The van der Waals surface area contributed by atoms with Crippen LogP contribution in [-0.4, -0.2) is 27.4 Å². The Labute approximate surface area is 171 Å². The second-order valence-electron chi connectivity index (χ2n) is 7.23. The maximum absolute atomic E-state index is 12.8. The second-order valence-corrected chi connectivity index (χ2v) is 7.23. The Balaban J connectivity index is 0.00000225. The number of aromatic nitrogens is 3. The van der Waals surface area contributed by atoms with Crippen LogP contribution in [0.4, 0.5) is 0 Å². The average Bonchev–Trinajstić information content (AvgIpc) is 3.05. The number of aryl methyl sites for hydroxylation is 2. The van der Waals surface area contributed by atoms with E-state index in [1.165, 1.54) is 12.0 Å². The van der Waals surface area contributed by atoms with Gasteiger partial charge in [-0.15, -0.1) is 12.4 Å². The molecule has 1 aromatic carbocycles. The number of unbranched alkanes of at least 4 members (excludes halogenated alkanes) is 1. The van der Waals surface area contributed by atoms with Gasteiger partial charge in [0.1, 0.15) is 0 Å². The van der Waals surface area contributed by atoms with Crippen LogP contribution in [0.1, 0.15) is 36.1 Å². The monoisotopic (exact) mass is 398 g/mol. The van der Waals surface area contributed by atoms with Crippen molar-refractivity contribution in [1.82, 2.24) is 20.1 Å². The van der Waals surface area contributed by atoms with Crippen molar-refractivity contribution in [1.29, 1.82) is 0 Å². The number of benzene rings is 1. The van der Waals surface area contributed by atoms with E-state index in [1.54, 1.807) is 10.9 Å². The van der Waals surface area contributed by atoms with Crippen LogP contribution >= 0.6 is 12.4 Å². The lowest BCUT2D eigenvalue weighted by molar-refractivity contribution is 0.448. The molecule has 0 fully saturated rings. The summed E-state index contributed by atoms with van der Waals surface area (Å²) in [5.74, 6) is 0.655. The first-order valence-electron chi connectivity index (χ1n) is 9.83. The second kappa shape index (κ2) is 9.71. The van der Waals surface area contributed by atoms with E-state index in [-0.39, 0.29) is 18.0 Å². The summed E-state index contributed by atoms with van der Waals surface area (Å²) in [6, 6.07) is 16.6. The molecular formula is C22H27ClN4O. The number of H-pyrrole nitrogens is 1. The molecule has 148 valence electrons. The van der Waals surface area contributed by atoms with Crippen LogP contribution < -0.4 is 10.9 Å². The van der Waals surface area contributed by atoms with Crippen LogP contribution in [0, 0.1) is 0 Å². The maximum atomic E-state index is 12.8. The van der Waals surface area contributed by atoms with Gasteiger partial charge in [-0.25, -0.2) is 9.67 Å². The molecule has 1 aliphatic carbocycles. The fourth-order valence-electron chi connectivity index (χ4n) is 3.83. The van der Waals surface area contributed by atoms with Gasteiger partial charge in [-0.2, -0.15) is 0 Å². The number of aromatic amines is 1. The third kappa shape index (κ3) is 4.72. The molecule has 6 heteroatoms. The lowest BCUT2D eigenvalue weighted by atomic mass is 9.93. The first kappa shape index (κ1) is 20.4. The van der Waals surface area contributed by atoms with Crippen LogP contribution in [0.15, 0.2) is 59.5 Å². The van der Waals surface area contributed by atoms with Gasteiger partial charge < -0.3 is 5.32 Å².